The molecule has 41 heavy (non-hydrogen) atoms. The van der Waals surface area contributed by atoms with Gasteiger partial charge in [0.1, 0.15) is 5.82 Å². The Morgan fingerprint density at radius 1 is 1.07 bits per heavy atom. The summed E-state index contributed by atoms with van der Waals surface area (Å²) in [7, 11) is 1.82. The van der Waals surface area contributed by atoms with Crippen LogP contribution in [0, 0.1) is 30.4 Å². The van der Waals surface area contributed by atoms with E-state index in [0.29, 0.717) is 29.6 Å². The summed E-state index contributed by atoms with van der Waals surface area (Å²) in [5, 5.41) is 20.2. The van der Waals surface area contributed by atoms with E-state index in [1.54, 1.807) is 10.9 Å². The number of rotatable bonds is 6. The standard InChI is InChI=1S/C32H33F2N5O2/c1-18-29(38(3)37-36-18)21-15-25-28(35-17-21)23-16-24(33)26(32(2,40)22-9-10-22)27(34)31(23)39(25)30(19-7-5-4-6-8-19)20-11-13-41-14-12-20/h4-8,15-17,20,22,30,40H,9-14H2,1-3H3. The summed E-state index contributed by atoms with van der Waals surface area (Å²) in [5.74, 6) is -1.49. The van der Waals surface area contributed by atoms with Crippen molar-refractivity contribution in [1.29, 1.82) is 0 Å². The van der Waals surface area contributed by atoms with Gasteiger partial charge >= 0.3 is 0 Å². The number of nitrogens with zero attached hydrogens (tertiary/aromatic N) is 5. The minimum Gasteiger partial charge on any atom is -0.385 e. The maximum atomic E-state index is 17.0. The molecule has 1 N–H and O–H groups in total. The zero-order valence-electron chi connectivity index (χ0n) is 23.4. The molecule has 1 saturated heterocycles. The van der Waals surface area contributed by atoms with Gasteiger partial charge in [-0.15, -0.1) is 5.10 Å². The van der Waals surface area contributed by atoms with E-state index in [9.17, 15) is 5.11 Å². The number of pyridine rings is 1. The molecule has 4 heterocycles. The van der Waals surface area contributed by atoms with Gasteiger partial charge in [-0.25, -0.2) is 13.5 Å². The molecule has 1 saturated carbocycles. The molecule has 2 atom stereocenters. The van der Waals surface area contributed by atoms with Crippen LogP contribution in [0.4, 0.5) is 8.78 Å². The lowest BCUT2D eigenvalue weighted by Crippen LogP contribution is -2.29. The van der Waals surface area contributed by atoms with E-state index in [4.69, 9.17) is 9.72 Å². The predicted octanol–water partition coefficient (Wildman–Crippen LogP) is 6.21. The second-order valence-corrected chi connectivity index (χ2v) is 11.8. The molecule has 0 radical (unpaired) electrons. The number of aromatic nitrogens is 5. The highest BCUT2D eigenvalue weighted by Gasteiger charge is 2.45. The number of ether oxygens (including phenoxy) is 1. The number of aliphatic hydroxyl groups is 1. The number of hydrogen-bond donors (Lipinski definition) is 1. The van der Waals surface area contributed by atoms with Crippen molar-refractivity contribution in [2.75, 3.05) is 13.2 Å². The van der Waals surface area contributed by atoms with E-state index in [-0.39, 0.29) is 29.0 Å². The van der Waals surface area contributed by atoms with Crippen molar-refractivity contribution < 1.29 is 18.6 Å². The maximum Gasteiger partial charge on any atom is 0.156 e. The van der Waals surface area contributed by atoms with Crippen LogP contribution in [0.1, 0.15) is 55.5 Å². The third-order valence-corrected chi connectivity index (χ3v) is 9.09. The van der Waals surface area contributed by atoms with Crippen molar-refractivity contribution in [3.05, 3.63) is 77.1 Å². The van der Waals surface area contributed by atoms with Gasteiger partial charge in [0.15, 0.2) is 5.82 Å². The fourth-order valence-corrected chi connectivity index (χ4v) is 6.89. The molecule has 7 nitrogen and oxygen atoms in total. The molecule has 1 aliphatic heterocycles. The molecule has 7 rings (SSSR count). The van der Waals surface area contributed by atoms with Crippen LogP contribution in [0.2, 0.25) is 0 Å². The van der Waals surface area contributed by atoms with Crippen molar-refractivity contribution in [3.8, 4) is 11.3 Å². The van der Waals surface area contributed by atoms with Gasteiger partial charge in [-0.1, -0.05) is 35.5 Å². The van der Waals surface area contributed by atoms with Gasteiger partial charge in [0.2, 0.25) is 0 Å². The van der Waals surface area contributed by atoms with Crippen molar-refractivity contribution >= 4 is 21.9 Å². The van der Waals surface area contributed by atoms with E-state index in [1.165, 1.54) is 13.0 Å². The number of aryl methyl sites for hydroxylation is 2. The van der Waals surface area contributed by atoms with Gasteiger partial charge < -0.3 is 14.4 Å². The largest absolute Gasteiger partial charge is 0.385 e. The smallest absolute Gasteiger partial charge is 0.156 e. The minimum atomic E-state index is -1.61. The Morgan fingerprint density at radius 3 is 2.46 bits per heavy atom. The first-order valence-electron chi connectivity index (χ1n) is 14.3. The predicted molar refractivity (Wildman–Crippen MR) is 152 cm³/mol. The van der Waals surface area contributed by atoms with Crippen LogP contribution in [0.25, 0.3) is 33.2 Å². The van der Waals surface area contributed by atoms with Crippen molar-refractivity contribution in [2.24, 2.45) is 18.9 Å². The number of benzene rings is 2. The lowest BCUT2D eigenvalue weighted by atomic mass is 9.86. The molecule has 212 valence electrons. The zero-order valence-corrected chi connectivity index (χ0v) is 23.4. The third kappa shape index (κ3) is 4.16. The van der Waals surface area contributed by atoms with E-state index >= 15 is 8.78 Å². The Balaban J connectivity index is 1.59. The zero-order chi connectivity index (χ0) is 28.5. The summed E-state index contributed by atoms with van der Waals surface area (Å²) < 4.78 is 42.2. The maximum absolute atomic E-state index is 17.0. The second kappa shape index (κ2) is 9.70. The second-order valence-electron chi connectivity index (χ2n) is 11.8. The molecule has 2 fully saturated rings. The fourth-order valence-electron chi connectivity index (χ4n) is 6.89. The number of fused-ring (bicyclic) bond motifs is 3. The molecule has 2 aliphatic rings. The summed E-state index contributed by atoms with van der Waals surface area (Å²) >= 11 is 0. The first kappa shape index (κ1) is 26.2. The molecular formula is C32H33F2N5O2. The molecule has 2 unspecified atom stereocenters. The first-order chi connectivity index (χ1) is 19.8. The molecular weight excluding hydrogens is 524 g/mol. The van der Waals surface area contributed by atoms with Crippen molar-refractivity contribution in [2.45, 2.75) is 51.2 Å². The lowest BCUT2D eigenvalue weighted by molar-refractivity contribution is 0.0259. The van der Waals surface area contributed by atoms with Crippen LogP contribution in [-0.2, 0) is 17.4 Å². The van der Waals surface area contributed by atoms with Crippen molar-refractivity contribution in [3.63, 3.8) is 0 Å². The number of halogens is 2. The normalized spacial score (nSPS) is 18.7. The van der Waals surface area contributed by atoms with E-state index in [1.807, 2.05) is 42.8 Å². The van der Waals surface area contributed by atoms with Gasteiger partial charge in [0, 0.05) is 37.4 Å². The molecule has 9 heteroatoms. The Hall–Kier alpha value is -3.69. The van der Waals surface area contributed by atoms with Gasteiger partial charge in [-0.05, 0) is 69.1 Å². The molecule has 2 aromatic carbocycles. The SMILES string of the molecule is Cc1nnn(C)c1-c1cnc2c3cc(F)c(C(C)(O)C4CC4)c(F)c3n(C(c3ccccc3)C3CCOCC3)c2c1. The van der Waals surface area contributed by atoms with Gasteiger partial charge in [0.25, 0.3) is 0 Å². The van der Waals surface area contributed by atoms with Crippen LogP contribution >= 0.6 is 0 Å². The molecule has 3 aromatic heterocycles. The van der Waals surface area contributed by atoms with Crippen molar-refractivity contribution in [1.82, 2.24) is 24.5 Å². The Morgan fingerprint density at radius 2 is 1.80 bits per heavy atom. The lowest BCUT2D eigenvalue weighted by Gasteiger charge is -2.33. The molecule has 1 aliphatic carbocycles. The molecule has 0 amide bonds. The summed E-state index contributed by atoms with van der Waals surface area (Å²) in [6.07, 6.45) is 4.80. The molecule has 5 aromatic rings. The van der Waals surface area contributed by atoms with Crippen LogP contribution in [0.5, 0.6) is 0 Å². The summed E-state index contributed by atoms with van der Waals surface area (Å²) in [5.41, 5.74) is 2.98. The van der Waals surface area contributed by atoms with Crippen LogP contribution in [0.15, 0.2) is 48.7 Å². The quantitative estimate of drug-likeness (QED) is 0.269. The average Bonchev–Trinajstić information content (AvgIpc) is 3.72. The summed E-state index contributed by atoms with van der Waals surface area (Å²) in [4.78, 5) is 4.80. The van der Waals surface area contributed by atoms with E-state index in [0.717, 1.165) is 48.2 Å². The monoisotopic (exact) mass is 557 g/mol. The summed E-state index contributed by atoms with van der Waals surface area (Å²) in [6.45, 7) is 4.66. The molecule has 0 bridgehead atoms. The Labute approximate surface area is 236 Å². The Kier molecular flexibility index (Phi) is 6.21. The van der Waals surface area contributed by atoms with Gasteiger partial charge in [-0.2, -0.15) is 0 Å². The Bertz CT molecular complexity index is 1750. The van der Waals surface area contributed by atoms with E-state index in [2.05, 4.69) is 22.4 Å². The highest BCUT2D eigenvalue weighted by atomic mass is 19.1. The van der Waals surface area contributed by atoms with Gasteiger partial charge in [0.05, 0.1) is 45.1 Å². The fraction of sp³-hybridized carbons (Fsp3) is 0.406. The first-order valence-corrected chi connectivity index (χ1v) is 14.3. The minimum absolute atomic E-state index is 0.144. The highest BCUT2D eigenvalue weighted by molar-refractivity contribution is 6.07. The number of hydrogen-bond acceptors (Lipinski definition) is 5. The van der Waals surface area contributed by atoms with E-state index < -0.39 is 17.2 Å². The van der Waals surface area contributed by atoms with Crippen LogP contribution in [-0.4, -0.2) is 42.9 Å². The topological polar surface area (TPSA) is 78.0 Å². The van der Waals surface area contributed by atoms with Crippen LogP contribution < -0.4 is 0 Å². The van der Waals surface area contributed by atoms with Crippen LogP contribution in [0.3, 0.4) is 0 Å². The molecule has 0 spiro atoms. The highest BCUT2D eigenvalue weighted by Crippen LogP contribution is 2.49. The van der Waals surface area contributed by atoms with Gasteiger partial charge in [-0.3, -0.25) is 4.98 Å². The summed E-state index contributed by atoms with van der Waals surface area (Å²) in [6, 6.07) is 13.2. The third-order valence-electron chi connectivity index (χ3n) is 9.09. The average molecular weight is 558 g/mol.